The minimum atomic E-state index is -4.75. The number of aromatic nitrogens is 4. The Kier molecular flexibility index (Phi) is 5.00. The SMILES string of the molecule is CCS(=O)(=O)c1c(-c2nc3cc(C(F)(F)F)cn(C)c-3c2F)nc2cc(C(F)(F)F)ccn12. The van der Waals surface area contributed by atoms with E-state index in [1.54, 1.807) is 0 Å². The van der Waals surface area contributed by atoms with Crippen LogP contribution in [-0.2, 0) is 29.2 Å². The van der Waals surface area contributed by atoms with Gasteiger partial charge in [-0.1, -0.05) is 6.92 Å². The zero-order chi connectivity index (χ0) is 24.5. The Hall–Kier alpha value is -3.16. The average Bonchev–Trinajstić information content (AvgIpc) is 3.24. The molecule has 0 radical (unpaired) electrons. The fourth-order valence-electron chi connectivity index (χ4n) is 3.44. The molecule has 14 heteroatoms. The van der Waals surface area contributed by atoms with Crippen LogP contribution in [0.1, 0.15) is 18.1 Å². The predicted molar refractivity (Wildman–Crippen MR) is 102 cm³/mol. The van der Waals surface area contributed by atoms with E-state index in [4.69, 9.17) is 0 Å². The Balaban J connectivity index is 2.07. The molecule has 0 saturated heterocycles. The third-order valence-electron chi connectivity index (χ3n) is 5.00. The zero-order valence-corrected chi connectivity index (χ0v) is 17.6. The maximum absolute atomic E-state index is 15.3. The molecule has 2 aliphatic rings. The van der Waals surface area contributed by atoms with Crippen molar-refractivity contribution in [2.24, 2.45) is 7.05 Å². The molecular weight excluding hydrogens is 481 g/mol. The number of fused-ring (bicyclic) bond motifs is 2. The van der Waals surface area contributed by atoms with Crippen LogP contribution in [0.2, 0.25) is 0 Å². The first kappa shape index (κ1) is 23.0. The fraction of sp³-hybridized carbons (Fsp3) is 0.263. The second kappa shape index (κ2) is 7.17. The molecule has 0 aromatic carbocycles. The van der Waals surface area contributed by atoms with E-state index in [9.17, 15) is 34.8 Å². The van der Waals surface area contributed by atoms with E-state index < -0.39 is 72.6 Å². The Bertz CT molecular complexity index is 1470. The molecule has 0 unspecified atom stereocenters. The first-order valence-electron chi connectivity index (χ1n) is 9.20. The van der Waals surface area contributed by atoms with E-state index in [1.165, 1.54) is 6.92 Å². The van der Waals surface area contributed by atoms with Gasteiger partial charge in [-0.25, -0.2) is 22.8 Å². The number of hydrogen-bond acceptors (Lipinski definition) is 4. The Morgan fingerprint density at radius 3 is 2.18 bits per heavy atom. The molecule has 0 aliphatic carbocycles. The fourth-order valence-corrected chi connectivity index (χ4v) is 4.60. The lowest BCUT2D eigenvalue weighted by atomic mass is 10.2. The van der Waals surface area contributed by atoms with Crippen molar-refractivity contribution in [3.05, 3.63) is 47.5 Å². The first-order chi connectivity index (χ1) is 15.1. The lowest BCUT2D eigenvalue weighted by Gasteiger charge is -2.12. The third-order valence-corrected chi connectivity index (χ3v) is 6.74. The third kappa shape index (κ3) is 3.71. The van der Waals surface area contributed by atoms with Gasteiger partial charge in [-0.2, -0.15) is 26.3 Å². The number of aryl methyl sites for hydroxylation is 1. The van der Waals surface area contributed by atoms with E-state index in [2.05, 4.69) is 9.97 Å². The Morgan fingerprint density at radius 2 is 1.61 bits per heavy atom. The van der Waals surface area contributed by atoms with Crippen molar-refractivity contribution in [1.29, 1.82) is 0 Å². The van der Waals surface area contributed by atoms with Crippen LogP contribution in [0.4, 0.5) is 30.7 Å². The Morgan fingerprint density at radius 1 is 0.970 bits per heavy atom. The van der Waals surface area contributed by atoms with Gasteiger partial charge in [0.2, 0.25) is 0 Å². The second-order valence-corrected chi connectivity index (χ2v) is 9.35. The summed E-state index contributed by atoms with van der Waals surface area (Å²) in [5.74, 6) is -1.66. The molecule has 0 spiro atoms. The molecule has 0 amide bonds. The minimum Gasteiger partial charge on any atom is -0.346 e. The number of alkyl halides is 6. The summed E-state index contributed by atoms with van der Waals surface area (Å²) < 4.78 is 121. The van der Waals surface area contributed by atoms with Gasteiger partial charge in [0.15, 0.2) is 20.7 Å². The normalized spacial score (nSPS) is 13.4. The highest BCUT2D eigenvalue weighted by Gasteiger charge is 2.36. The van der Waals surface area contributed by atoms with Crippen molar-refractivity contribution in [3.63, 3.8) is 0 Å². The highest BCUT2D eigenvalue weighted by Crippen LogP contribution is 2.40. The molecule has 0 N–H and O–H groups in total. The molecule has 0 atom stereocenters. The van der Waals surface area contributed by atoms with E-state index in [-0.39, 0.29) is 5.69 Å². The molecule has 4 heterocycles. The zero-order valence-electron chi connectivity index (χ0n) is 16.8. The van der Waals surface area contributed by atoms with Gasteiger partial charge in [-0.05, 0) is 18.2 Å². The van der Waals surface area contributed by atoms with Gasteiger partial charge in [0, 0.05) is 19.4 Å². The van der Waals surface area contributed by atoms with Crippen molar-refractivity contribution in [1.82, 2.24) is 18.9 Å². The van der Waals surface area contributed by atoms with Crippen molar-refractivity contribution in [2.45, 2.75) is 24.3 Å². The summed E-state index contributed by atoms with van der Waals surface area (Å²) in [6.07, 6.45) is -8.04. The molecule has 33 heavy (non-hydrogen) atoms. The predicted octanol–water partition coefficient (Wildman–Crippen LogP) is 4.81. The van der Waals surface area contributed by atoms with E-state index in [1.807, 2.05) is 0 Å². The molecule has 0 bridgehead atoms. The lowest BCUT2D eigenvalue weighted by Crippen LogP contribution is -2.10. The van der Waals surface area contributed by atoms with Crippen LogP contribution in [0, 0.1) is 5.82 Å². The van der Waals surface area contributed by atoms with Gasteiger partial charge in [-0.15, -0.1) is 0 Å². The average molecular weight is 494 g/mol. The molecule has 176 valence electrons. The molecule has 2 aromatic heterocycles. The molecule has 4 rings (SSSR count). The monoisotopic (exact) mass is 494 g/mol. The number of nitrogens with zero attached hydrogens (tertiary/aromatic N) is 4. The summed E-state index contributed by atoms with van der Waals surface area (Å²) in [4.78, 5) is 7.71. The number of sulfone groups is 1. The van der Waals surface area contributed by atoms with Gasteiger partial charge in [-0.3, -0.25) is 4.40 Å². The quantitative estimate of drug-likeness (QED) is 0.384. The van der Waals surface area contributed by atoms with Crippen molar-refractivity contribution in [3.8, 4) is 22.8 Å². The van der Waals surface area contributed by atoms with Gasteiger partial charge in [0.1, 0.15) is 22.7 Å². The standard InChI is InChI=1S/C19H13F7N4O2S/c1-3-33(31,32)17-15(28-12-7-9(18(21,22)23)4-5-30(12)17)14-13(20)16-11(27-14)6-10(8-29(16)2)19(24,25)26/h4-8H,3H2,1-2H3. The highest BCUT2D eigenvalue weighted by atomic mass is 32.2. The van der Waals surface area contributed by atoms with Crippen LogP contribution < -0.4 is 0 Å². The van der Waals surface area contributed by atoms with Crippen LogP contribution in [0.25, 0.3) is 28.4 Å². The van der Waals surface area contributed by atoms with Crippen LogP contribution >= 0.6 is 0 Å². The van der Waals surface area contributed by atoms with Gasteiger partial charge in [0.25, 0.3) is 0 Å². The topological polar surface area (TPSA) is 69.3 Å². The second-order valence-electron chi connectivity index (χ2n) is 7.16. The van der Waals surface area contributed by atoms with E-state index in [0.717, 1.165) is 22.2 Å². The summed E-state index contributed by atoms with van der Waals surface area (Å²) >= 11 is 0. The maximum Gasteiger partial charge on any atom is 0.417 e. The van der Waals surface area contributed by atoms with Gasteiger partial charge < -0.3 is 4.57 Å². The largest absolute Gasteiger partial charge is 0.417 e. The first-order valence-corrected chi connectivity index (χ1v) is 10.9. The summed E-state index contributed by atoms with van der Waals surface area (Å²) in [6.45, 7) is 1.27. The molecule has 0 fully saturated rings. The van der Waals surface area contributed by atoms with Gasteiger partial charge in [0.05, 0.1) is 22.6 Å². The maximum atomic E-state index is 15.3. The van der Waals surface area contributed by atoms with Crippen LogP contribution in [0.15, 0.2) is 35.6 Å². The summed E-state index contributed by atoms with van der Waals surface area (Å²) in [5.41, 5.74) is -4.75. The van der Waals surface area contributed by atoms with Crippen LogP contribution in [-0.4, -0.2) is 33.1 Å². The number of rotatable bonds is 3. The summed E-state index contributed by atoms with van der Waals surface area (Å²) in [5, 5.41) is -0.617. The van der Waals surface area contributed by atoms with E-state index >= 15 is 4.39 Å². The van der Waals surface area contributed by atoms with Gasteiger partial charge >= 0.3 is 12.4 Å². The Labute approximate surface area is 181 Å². The number of halogens is 7. The smallest absolute Gasteiger partial charge is 0.346 e. The minimum absolute atomic E-state index is 0.356. The highest BCUT2D eigenvalue weighted by molar-refractivity contribution is 7.91. The molecule has 0 saturated carbocycles. The number of hydrogen-bond donors (Lipinski definition) is 0. The van der Waals surface area contributed by atoms with Crippen molar-refractivity contribution in [2.75, 3.05) is 5.75 Å². The number of pyridine rings is 2. The van der Waals surface area contributed by atoms with E-state index in [0.29, 0.717) is 24.4 Å². The molecule has 2 aliphatic heterocycles. The van der Waals surface area contributed by atoms with Crippen molar-refractivity contribution >= 4 is 15.5 Å². The number of imidazole rings is 1. The molecule has 2 aromatic rings. The molecular formula is C19H13F7N4O2S. The molecule has 6 nitrogen and oxygen atoms in total. The van der Waals surface area contributed by atoms with Crippen LogP contribution in [0.3, 0.4) is 0 Å². The summed E-state index contributed by atoms with van der Waals surface area (Å²) in [6, 6.07) is 1.81. The van der Waals surface area contributed by atoms with Crippen molar-refractivity contribution < 1.29 is 39.2 Å². The van der Waals surface area contributed by atoms with Crippen LogP contribution in [0.5, 0.6) is 0 Å². The summed E-state index contributed by atoms with van der Waals surface area (Å²) in [7, 11) is -3.03. The lowest BCUT2D eigenvalue weighted by molar-refractivity contribution is -0.138.